The first kappa shape index (κ1) is 13.1. The lowest BCUT2D eigenvalue weighted by molar-refractivity contribution is 0.0561. The summed E-state index contributed by atoms with van der Waals surface area (Å²) in [5.74, 6) is -0.104. The normalized spacial score (nSPS) is 23.0. The smallest absolute Gasteiger partial charge is 0.251 e. The molecule has 0 bridgehead atoms. The van der Waals surface area contributed by atoms with Gasteiger partial charge in [0.2, 0.25) is 0 Å². The van der Waals surface area contributed by atoms with Crippen molar-refractivity contribution in [1.29, 1.82) is 0 Å². The topological polar surface area (TPSA) is 61.4 Å². The summed E-state index contributed by atoms with van der Waals surface area (Å²) < 4.78 is 0. The number of aryl methyl sites for hydroxylation is 1. The Labute approximate surface area is 107 Å². The van der Waals surface area contributed by atoms with E-state index in [4.69, 9.17) is 0 Å². The van der Waals surface area contributed by atoms with Gasteiger partial charge in [-0.2, -0.15) is 0 Å². The molecule has 2 rings (SSSR count). The molecule has 0 radical (unpaired) electrons. The van der Waals surface area contributed by atoms with E-state index in [1.54, 1.807) is 0 Å². The lowest BCUT2D eigenvalue weighted by atomic mass is 10.0. The minimum atomic E-state index is -0.795. The Hall–Kier alpha value is -1.39. The van der Waals surface area contributed by atoms with Crippen molar-refractivity contribution in [1.82, 2.24) is 10.6 Å². The molecule has 1 aliphatic heterocycles. The van der Waals surface area contributed by atoms with Crippen LogP contribution >= 0.6 is 0 Å². The highest BCUT2D eigenvalue weighted by Gasteiger charge is 2.31. The fourth-order valence-electron chi connectivity index (χ4n) is 2.27. The van der Waals surface area contributed by atoms with E-state index in [0.29, 0.717) is 25.1 Å². The molecule has 3 N–H and O–H groups in total. The quantitative estimate of drug-likeness (QED) is 0.735. The number of carbonyl (C=O) groups excluding carboxylic acids is 1. The van der Waals surface area contributed by atoms with Gasteiger partial charge < -0.3 is 15.7 Å². The Bertz CT molecular complexity index is 426. The van der Waals surface area contributed by atoms with Gasteiger partial charge in [-0.05, 0) is 31.0 Å². The summed E-state index contributed by atoms with van der Waals surface area (Å²) in [6.07, 6.45) is 1.51. The first-order valence-corrected chi connectivity index (χ1v) is 6.44. The SMILES string of the molecule is CCc1ccccc1C(=O)NCC1(O)CCNC1. The van der Waals surface area contributed by atoms with Crippen LogP contribution in [-0.4, -0.2) is 36.2 Å². The van der Waals surface area contributed by atoms with E-state index < -0.39 is 5.60 Å². The molecule has 0 spiro atoms. The van der Waals surface area contributed by atoms with Crippen molar-refractivity contribution in [2.75, 3.05) is 19.6 Å². The molecular weight excluding hydrogens is 228 g/mol. The molecule has 4 heteroatoms. The summed E-state index contributed by atoms with van der Waals surface area (Å²) in [5.41, 5.74) is 0.942. The van der Waals surface area contributed by atoms with Gasteiger partial charge >= 0.3 is 0 Å². The standard InChI is InChI=1S/C14H20N2O2/c1-2-11-5-3-4-6-12(11)13(17)16-10-14(18)7-8-15-9-14/h3-6,15,18H,2,7-10H2,1H3,(H,16,17). The molecule has 1 saturated heterocycles. The maximum atomic E-state index is 12.1. The first-order chi connectivity index (χ1) is 8.64. The molecular formula is C14H20N2O2. The van der Waals surface area contributed by atoms with Crippen LogP contribution in [0.3, 0.4) is 0 Å². The third-order valence-corrected chi connectivity index (χ3v) is 3.44. The molecule has 1 aromatic carbocycles. The number of nitrogens with one attached hydrogen (secondary N) is 2. The van der Waals surface area contributed by atoms with Crippen LogP contribution in [0.4, 0.5) is 0 Å². The Morgan fingerprint density at radius 2 is 2.28 bits per heavy atom. The van der Waals surface area contributed by atoms with Gasteiger partial charge in [0.1, 0.15) is 0 Å². The number of rotatable bonds is 4. The van der Waals surface area contributed by atoms with Crippen LogP contribution in [0.5, 0.6) is 0 Å². The summed E-state index contributed by atoms with van der Waals surface area (Å²) in [7, 11) is 0. The summed E-state index contributed by atoms with van der Waals surface area (Å²) in [6, 6.07) is 7.58. The number of carbonyl (C=O) groups is 1. The van der Waals surface area contributed by atoms with Gasteiger partial charge in [0.15, 0.2) is 0 Å². The predicted molar refractivity (Wildman–Crippen MR) is 70.6 cm³/mol. The summed E-state index contributed by atoms with van der Waals surface area (Å²) in [6.45, 7) is 3.68. The highest BCUT2D eigenvalue weighted by molar-refractivity contribution is 5.95. The van der Waals surface area contributed by atoms with E-state index in [2.05, 4.69) is 10.6 Å². The van der Waals surface area contributed by atoms with Crippen LogP contribution in [-0.2, 0) is 6.42 Å². The molecule has 1 atom stereocenters. The van der Waals surface area contributed by atoms with Crippen molar-refractivity contribution in [3.05, 3.63) is 35.4 Å². The summed E-state index contributed by atoms with van der Waals surface area (Å²) in [4.78, 5) is 12.1. The molecule has 1 heterocycles. The number of amides is 1. The predicted octanol–water partition coefficient (Wildman–Crippen LogP) is 0.703. The van der Waals surface area contributed by atoms with Gasteiger partial charge in [-0.3, -0.25) is 4.79 Å². The van der Waals surface area contributed by atoms with Gasteiger partial charge in [-0.25, -0.2) is 0 Å². The monoisotopic (exact) mass is 248 g/mol. The van der Waals surface area contributed by atoms with Crippen LogP contribution in [0, 0.1) is 0 Å². The van der Waals surface area contributed by atoms with Crippen molar-refractivity contribution in [3.63, 3.8) is 0 Å². The lowest BCUT2D eigenvalue weighted by Crippen LogP contribution is -2.44. The summed E-state index contributed by atoms with van der Waals surface area (Å²) in [5, 5.41) is 16.1. The Morgan fingerprint density at radius 1 is 1.50 bits per heavy atom. The van der Waals surface area contributed by atoms with Gasteiger partial charge in [0.25, 0.3) is 5.91 Å². The Balaban J connectivity index is 1.99. The zero-order chi connectivity index (χ0) is 13.0. The number of hydrogen-bond acceptors (Lipinski definition) is 3. The first-order valence-electron chi connectivity index (χ1n) is 6.44. The van der Waals surface area contributed by atoms with Crippen molar-refractivity contribution in [2.24, 2.45) is 0 Å². The maximum Gasteiger partial charge on any atom is 0.251 e. The number of hydrogen-bond donors (Lipinski definition) is 3. The second-order valence-electron chi connectivity index (χ2n) is 4.84. The van der Waals surface area contributed by atoms with Crippen LogP contribution in [0.1, 0.15) is 29.3 Å². The van der Waals surface area contributed by atoms with E-state index in [9.17, 15) is 9.90 Å². The van der Waals surface area contributed by atoms with Gasteiger partial charge in [-0.15, -0.1) is 0 Å². The molecule has 18 heavy (non-hydrogen) atoms. The molecule has 98 valence electrons. The third-order valence-electron chi connectivity index (χ3n) is 3.44. The summed E-state index contributed by atoms with van der Waals surface area (Å²) >= 11 is 0. The number of benzene rings is 1. The van der Waals surface area contributed by atoms with Crippen LogP contribution in [0.15, 0.2) is 24.3 Å². The minimum Gasteiger partial charge on any atom is -0.387 e. The van der Waals surface area contributed by atoms with Crippen LogP contribution in [0.25, 0.3) is 0 Å². The van der Waals surface area contributed by atoms with E-state index in [-0.39, 0.29) is 5.91 Å². The molecule has 0 saturated carbocycles. The van der Waals surface area contributed by atoms with Gasteiger partial charge in [0.05, 0.1) is 5.60 Å². The van der Waals surface area contributed by atoms with Crippen molar-refractivity contribution in [3.8, 4) is 0 Å². The van der Waals surface area contributed by atoms with Crippen molar-refractivity contribution < 1.29 is 9.90 Å². The Kier molecular flexibility index (Phi) is 3.99. The largest absolute Gasteiger partial charge is 0.387 e. The van der Waals surface area contributed by atoms with Gasteiger partial charge in [0, 0.05) is 18.7 Å². The number of β-amino-alcohol motifs (C(OH)–C–C–N with tert-alkyl or cyclic N) is 1. The Morgan fingerprint density at radius 3 is 2.94 bits per heavy atom. The van der Waals surface area contributed by atoms with E-state index in [1.165, 1.54) is 0 Å². The second kappa shape index (κ2) is 5.50. The highest BCUT2D eigenvalue weighted by atomic mass is 16.3. The zero-order valence-corrected chi connectivity index (χ0v) is 10.7. The third kappa shape index (κ3) is 2.89. The lowest BCUT2D eigenvalue weighted by Gasteiger charge is -2.21. The average Bonchev–Trinajstić information content (AvgIpc) is 2.83. The van der Waals surface area contributed by atoms with Crippen molar-refractivity contribution in [2.45, 2.75) is 25.4 Å². The fraction of sp³-hybridized carbons (Fsp3) is 0.500. The van der Waals surface area contributed by atoms with Crippen molar-refractivity contribution >= 4 is 5.91 Å². The fourth-order valence-corrected chi connectivity index (χ4v) is 2.27. The second-order valence-corrected chi connectivity index (χ2v) is 4.84. The molecule has 1 amide bonds. The van der Waals surface area contributed by atoms with E-state index in [1.807, 2.05) is 31.2 Å². The molecule has 1 aromatic rings. The number of aliphatic hydroxyl groups is 1. The molecule has 0 aliphatic carbocycles. The van der Waals surface area contributed by atoms with E-state index >= 15 is 0 Å². The van der Waals surface area contributed by atoms with Crippen LogP contribution in [0.2, 0.25) is 0 Å². The molecule has 1 unspecified atom stereocenters. The minimum absolute atomic E-state index is 0.104. The molecule has 4 nitrogen and oxygen atoms in total. The molecule has 1 fully saturated rings. The van der Waals surface area contributed by atoms with E-state index in [0.717, 1.165) is 18.5 Å². The maximum absolute atomic E-state index is 12.1. The van der Waals surface area contributed by atoms with Crippen LogP contribution < -0.4 is 10.6 Å². The average molecular weight is 248 g/mol. The molecule has 1 aliphatic rings. The van der Waals surface area contributed by atoms with Gasteiger partial charge in [-0.1, -0.05) is 25.1 Å². The highest BCUT2D eigenvalue weighted by Crippen LogP contribution is 2.14. The zero-order valence-electron chi connectivity index (χ0n) is 10.7. The molecule has 0 aromatic heterocycles.